The molecule has 0 aromatic carbocycles. The van der Waals surface area contributed by atoms with E-state index in [9.17, 15) is 4.79 Å². The van der Waals surface area contributed by atoms with Crippen LogP contribution in [-0.4, -0.2) is 25.1 Å². The van der Waals surface area contributed by atoms with Crippen LogP contribution in [0.25, 0.3) is 0 Å². The molecule has 0 saturated heterocycles. The molecule has 0 spiro atoms. The van der Waals surface area contributed by atoms with E-state index in [2.05, 4.69) is 12.2 Å². The summed E-state index contributed by atoms with van der Waals surface area (Å²) < 4.78 is 0. The van der Waals surface area contributed by atoms with E-state index in [0.29, 0.717) is 0 Å². The van der Waals surface area contributed by atoms with Crippen LogP contribution in [0.15, 0.2) is 12.2 Å². The van der Waals surface area contributed by atoms with Gasteiger partial charge in [0.1, 0.15) is 0 Å². The van der Waals surface area contributed by atoms with Crippen LogP contribution in [0.1, 0.15) is 19.3 Å². The molecular formula is C9H15NO2. The van der Waals surface area contributed by atoms with E-state index in [1.165, 1.54) is 12.2 Å². The molecule has 1 atom stereocenters. The van der Waals surface area contributed by atoms with Gasteiger partial charge in [-0.15, -0.1) is 0 Å². The minimum Gasteiger partial charge on any atom is -0.275 e. The zero-order chi connectivity index (χ0) is 8.97. The van der Waals surface area contributed by atoms with E-state index < -0.39 is 0 Å². The monoisotopic (exact) mass is 169 g/mol. The first kappa shape index (κ1) is 9.26. The smallest absolute Gasteiger partial charge is 0.249 e. The highest BCUT2D eigenvalue weighted by atomic mass is 16.7. The summed E-state index contributed by atoms with van der Waals surface area (Å²) in [7, 11) is 3.16. The third kappa shape index (κ3) is 2.08. The van der Waals surface area contributed by atoms with Crippen molar-refractivity contribution >= 4 is 5.91 Å². The predicted octanol–water partition coefficient (Wildman–Crippen LogP) is 1.36. The summed E-state index contributed by atoms with van der Waals surface area (Å²) in [6.45, 7) is 0. The van der Waals surface area contributed by atoms with Gasteiger partial charge in [-0.05, 0) is 19.3 Å². The van der Waals surface area contributed by atoms with Crippen LogP contribution in [0.3, 0.4) is 0 Å². The Hall–Kier alpha value is -0.830. The summed E-state index contributed by atoms with van der Waals surface area (Å²) in [6, 6.07) is 0. The van der Waals surface area contributed by atoms with Crippen LogP contribution < -0.4 is 0 Å². The molecule has 0 aliphatic heterocycles. The van der Waals surface area contributed by atoms with Crippen LogP contribution in [0.5, 0.6) is 0 Å². The molecule has 0 bridgehead atoms. The van der Waals surface area contributed by atoms with Crippen molar-refractivity contribution in [1.29, 1.82) is 0 Å². The molecular weight excluding hydrogens is 154 g/mol. The van der Waals surface area contributed by atoms with E-state index in [0.717, 1.165) is 19.3 Å². The molecule has 3 nitrogen and oxygen atoms in total. The SMILES string of the molecule is CON(C)C(=O)[C@H]1CC=CCC1. The van der Waals surface area contributed by atoms with Crippen molar-refractivity contribution in [2.45, 2.75) is 19.3 Å². The average Bonchev–Trinajstić information content (AvgIpc) is 2.17. The van der Waals surface area contributed by atoms with Gasteiger partial charge in [0.15, 0.2) is 0 Å². The van der Waals surface area contributed by atoms with Crippen molar-refractivity contribution in [1.82, 2.24) is 5.06 Å². The van der Waals surface area contributed by atoms with Gasteiger partial charge >= 0.3 is 0 Å². The molecule has 1 rings (SSSR count). The number of carbonyl (C=O) groups excluding carboxylic acids is 1. The minimum atomic E-state index is 0.0850. The lowest BCUT2D eigenvalue weighted by Gasteiger charge is -2.22. The fourth-order valence-corrected chi connectivity index (χ4v) is 1.36. The van der Waals surface area contributed by atoms with Gasteiger partial charge < -0.3 is 0 Å². The summed E-state index contributed by atoms with van der Waals surface area (Å²) in [5.41, 5.74) is 0. The highest BCUT2D eigenvalue weighted by Crippen LogP contribution is 2.19. The Labute approximate surface area is 73.0 Å². The quantitative estimate of drug-likeness (QED) is 0.461. The van der Waals surface area contributed by atoms with Crippen LogP contribution in [-0.2, 0) is 9.63 Å². The lowest BCUT2D eigenvalue weighted by molar-refractivity contribution is -0.173. The summed E-state index contributed by atoms with van der Waals surface area (Å²) in [5.74, 6) is 0.210. The Balaban J connectivity index is 2.46. The third-order valence-corrected chi connectivity index (χ3v) is 2.20. The van der Waals surface area contributed by atoms with E-state index in [1.54, 1.807) is 7.05 Å². The Morgan fingerprint density at radius 3 is 2.83 bits per heavy atom. The first-order valence-electron chi connectivity index (χ1n) is 4.22. The first-order chi connectivity index (χ1) is 5.75. The normalized spacial score (nSPS) is 22.3. The van der Waals surface area contributed by atoms with E-state index >= 15 is 0 Å². The number of allylic oxidation sites excluding steroid dienone is 2. The zero-order valence-electron chi connectivity index (χ0n) is 7.62. The van der Waals surface area contributed by atoms with Gasteiger partial charge in [-0.25, -0.2) is 5.06 Å². The Kier molecular flexibility index (Phi) is 3.29. The highest BCUT2D eigenvalue weighted by molar-refractivity contribution is 5.77. The van der Waals surface area contributed by atoms with Crippen molar-refractivity contribution in [3.63, 3.8) is 0 Å². The van der Waals surface area contributed by atoms with E-state index in [-0.39, 0.29) is 11.8 Å². The molecule has 0 N–H and O–H groups in total. The Morgan fingerprint density at radius 2 is 2.33 bits per heavy atom. The molecule has 0 aromatic rings. The number of nitrogens with zero attached hydrogens (tertiary/aromatic N) is 1. The topological polar surface area (TPSA) is 29.5 Å². The summed E-state index contributed by atoms with van der Waals surface area (Å²) >= 11 is 0. The largest absolute Gasteiger partial charge is 0.275 e. The van der Waals surface area contributed by atoms with Gasteiger partial charge in [-0.1, -0.05) is 12.2 Å². The Morgan fingerprint density at radius 1 is 1.58 bits per heavy atom. The molecule has 0 aromatic heterocycles. The minimum absolute atomic E-state index is 0.0850. The van der Waals surface area contributed by atoms with E-state index in [4.69, 9.17) is 4.84 Å². The predicted molar refractivity (Wildman–Crippen MR) is 46.3 cm³/mol. The second kappa shape index (κ2) is 4.26. The molecule has 0 radical (unpaired) electrons. The fourth-order valence-electron chi connectivity index (χ4n) is 1.36. The second-order valence-electron chi connectivity index (χ2n) is 3.00. The maximum absolute atomic E-state index is 11.5. The lowest BCUT2D eigenvalue weighted by atomic mass is 9.94. The number of carbonyl (C=O) groups is 1. The molecule has 3 heteroatoms. The molecule has 0 heterocycles. The van der Waals surface area contributed by atoms with Crippen molar-refractivity contribution in [2.24, 2.45) is 5.92 Å². The third-order valence-electron chi connectivity index (χ3n) is 2.20. The Bertz CT molecular complexity index is 189. The standard InChI is InChI=1S/C9H15NO2/c1-10(12-2)9(11)8-6-4-3-5-7-8/h3-4,8H,5-7H2,1-2H3/t8-/m0/s1. The van der Waals surface area contributed by atoms with Gasteiger partial charge in [-0.2, -0.15) is 0 Å². The average molecular weight is 169 g/mol. The maximum atomic E-state index is 11.5. The fraction of sp³-hybridized carbons (Fsp3) is 0.667. The number of hydrogen-bond acceptors (Lipinski definition) is 2. The van der Waals surface area contributed by atoms with Crippen LogP contribution in [0.2, 0.25) is 0 Å². The number of hydrogen-bond donors (Lipinski definition) is 0. The van der Waals surface area contributed by atoms with Gasteiger partial charge in [0.25, 0.3) is 0 Å². The van der Waals surface area contributed by atoms with Crippen LogP contribution in [0.4, 0.5) is 0 Å². The summed E-state index contributed by atoms with van der Waals surface area (Å²) in [4.78, 5) is 16.3. The molecule has 0 unspecified atom stereocenters. The molecule has 0 fully saturated rings. The molecule has 12 heavy (non-hydrogen) atoms. The summed E-state index contributed by atoms with van der Waals surface area (Å²) in [5, 5.41) is 1.31. The maximum Gasteiger partial charge on any atom is 0.249 e. The molecule has 1 amide bonds. The first-order valence-corrected chi connectivity index (χ1v) is 4.22. The molecule has 68 valence electrons. The molecule has 0 saturated carbocycles. The number of rotatable bonds is 2. The van der Waals surface area contributed by atoms with Crippen molar-refractivity contribution in [3.05, 3.63) is 12.2 Å². The van der Waals surface area contributed by atoms with Gasteiger partial charge in [-0.3, -0.25) is 9.63 Å². The zero-order valence-corrected chi connectivity index (χ0v) is 7.62. The second-order valence-corrected chi connectivity index (χ2v) is 3.00. The van der Waals surface area contributed by atoms with Crippen molar-refractivity contribution in [2.75, 3.05) is 14.2 Å². The highest BCUT2D eigenvalue weighted by Gasteiger charge is 2.21. The van der Waals surface area contributed by atoms with Crippen LogP contribution in [0, 0.1) is 5.92 Å². The molecule has 1 aliphatic rings. The van der Waals surface area contributed by atoms with Crippen molar-refractivity contribution in [3.8, 4) is 0 Å². The van der Waals surface area contributed by atoms with Crippen LogP contribution >= 0.6 is 0 Å². The molecule has 1 aliphatic carbocycles. The van der Waals surface area contributed by atoms with Gasteiger partial charge in [0, 0.05) is 13.0 Å². The number of hydroxylamine groups is 2. The summed E-state index contributed by atoms with van der Waals surface area (Å²) in [6.07, 6.45) is 7.00. The number of amides is 1. The van der Waals surface area contributed by atoms with E-state index in [1.807, 2.05) is 0 Å². The van der Waals surface area contributed by atoms with Gasteiger partial charge in [0.2, 0.25) is 5.91 Å². The lowest BCUT2D eigenvalue weighted by Crippen LogP contribution is -2.32. The van der Waals surface area contributed by atoms with Gasteiger partial charge in [0.05, 0.1) is 7.11 Å². The van der Waals surface area contributed by atoms with Crippen molar-refractivity contribution < 1.29 is 9.63 Å².